The Morgan fingerprint density at radius 3 is 1.57 bits per heavy atom. The van der Waals surface area contributed by atoms with Crippen molar-refractivity contribution in [2.75, 3.05) is 0 Å². The van der Waals surface area contributed by atoms with Crippen LogP contribution in [0.3, 0.4) is 0 Å². The number of hydrogen-bond donors (Lipinski definition) is 1. The van der Waals surface area contributed by atoms with E-state index >= 15 is 0 Å². The molecule has 0 unspecified atom stereocenters. The molecule has 0 saturated heterocycles. The first kappa shape index (κ1) is 20.4. The zero-order valence-corrected chi connectivity index (χ0v) is 18.7. The van der Waals surface area contributed by atoms with Crippen molar-refractivity contribution in [3.8, 4) is 11.4 Å². The normalized spacial score (nSPS) is 13.3. The Bertz CT molecular complexity index is 992. The van der Waals surface area contributed by atoms with Crippen molar-refractivity contribution in [3.05, 3.63) is 47.0 Å². The number of phenols is 1. The molecule has 0 bridgehead atoms. The molecule has 28 heavy (non-hydrogen) atoms. The molecule has 2 aromatic carbocycles. The maximum Gasteiger partial charge on any atom is 0.147 e. The molecule has 0 saturated carbocycles. The summed E-state index contributed by atoms with van der Waals surface area (Å²) in [5, 5.41) is 20.9. The smallest absolute Gasteiger partial charge is 0.147 e. The van der Waals surface area contributed by atoms with Crippen LogP contribution >= 0.6 is 0 Å². The molecule has 4 nitrogen and oxygen atoms in total. The van der Waals surface area contributed by atoms with Gasteiger partial charge in [-0.1, -0.05) is 80.5 Å². The average molecular weight is 380 g/mol. The van der Waals surface area contributed by atoms with Gasteiger partial charge in [0.25, 0.3) is 0 Å². The fourth-order valence-electron chi connectivity index (χ4n) is 3.74. The molecular formula is C24H33N3O. The third-order valence-corrected chi connectivity index (χ3v) is 5.13. The molecule has 3 rings (SSSR count). The summed E-state index contributed by atoms with van der Waals surface area (Å²) in [5.74, 6) is 0.269. The molecule has 0 radical (unpaired) electrons. The van der Waals surface area contributed by atoms with Gasteiger partial charge in [-0.25, -0.2) is 0 Å². The fourth-order valence-corrected chi connectivity index (χ4v) is 3.74. The lowest BCUT2D eigenvalue weighted by molar-refractivity contribution is 0.430. The van der Waals surface area contributed by atoms with Gasteiger partial charge in [-0.2, -0.15) is 0 Å². The Morgan fingerprint density at radius 2 is 1.18 bits per heavy atom. The van der Waals surface area contributed by atoms with Gasteiger partial charge in [0.1, 0.15) is 22.5 Å². The monoisotopic (exact) mass is 379 g/mol. The highest BCUT2D eigenvalue weighted by molar-refractivity contribution is 5.74. The number of fused-ring (bicyclic) bond motifs is 1. The number of phenolic OH excluding ortho intramolecular Hbond substituents is 1. The van der Waals surface area contributed by atoms with Crippen molar-refractivity contribution in [1.82, 2.24) is 15.0 Å². The van der Waals surface area contributed by atoms with Crippen LogP contribution in [0, 0.1) is 0 Å². The van der Waals surface area contributed by atoms with E-state index in [0.717, 1.165) is 22.2 Å². The molecule has 0 atom stereocenters. The summed E-state index contributed by atoms with van der Waals surface area (Å²) in [6, 6.07) is 9.99. The van der Waals surface area contributed by atoms with E-state index in [1.807, 2.05) is 24.3 Å². The van der Waals surface area contributed by atoms with Crippen molar-refractivity contribution in [1.29, 1.82) is 0 Å². The average Bonchev–Trinajstić information content (AvgIpc) is 2.94. The van der Waals surface area contributed by atoms with Crippen LogP contribution in [0.4, 0.5) is 0 Å². The highest BCUT2D eigenvalue weighted by Crippen LogP contribution is 2.46. The Labute approximate surface area is 168 Å². The lowest BCUT2D eigenvalue weighted by atomic mass is 9.71. The van der Waals surface area contributed by atoms with Gasteiger partial charge in [0.05, 0.1) is 0 Å². The first-order valence-corrected chi connectivity index (χ1v) is 9.95. The van der Waals surface area contributed by atoms with E-state index in [0.29, 0.717) is 5.69 Å². The number of rotatable bonds is 1. The molecule has 1 N–H and O–H groups in total. The van der Waals surface area contributed by atoms with Gasteiger partial charge in [-0.3, -0.25) is 0 Å². The summed E-state index contributed by atoms with van der Waals surface area (Å²) in [4.78, 5) is 1.63. The Balaban J connectivity index is 2.51. The summed E-state index contributed by atoms with van der Waals surface area (Å²) in [6.45, 7) is 19.6. The van der Waals surface area contributed by atoms with E-state index in [2.05, 4.69) is 68.4 Å². The lowest BCUT2D eigenvalue weighted by Crippen LogP contribution is -2.27. The van der Waals surface area contributed by atoms with Crippen molar-refractivity contribution >= 4 is 11.0 Å². The van der Waals surface area contributed by atoms with Gasteiger partial charge < -0.3 is 5.11 Å². The summed E-state index contributed by atoms with van der Waals surface area (Å²) in [6.07, 6.45) is 0. The molecule has 150 valence electrons. The SMILES string of the molecule is CC(C)(C)c1cc(C(C)(C)C)c(C(C)(C)C)c(-n2nc3ccccc3n2)c1O. The van der Waals surface area contributed by atoms with Crippen LogP contribution in [-0.4, -0.2) is 20.1 Å². The zero-order chi connectivity index (χ0) is 21.1. The number of aromatic nitrogens is 3. The molecule has 0 amide bonds. The standard InChI is InChI=1S/C24H33N3O/c1-22(2,3)15-14-16(23(4,5)6)21(28)20(19(15)24(7,8)9)27-25-17-12-10-11-13-18(17)26-27/h10-14,28H,1-9H3. The molecule has 3 aromatic rings. The third kappa shape index (κ3) is 3.52. The number of aromatic hydroxyl groups is 1. The van der Waals surface area contributed by atoms with Gasteiger partial charge in [-0.15, -0.1) is 15.0 Å². The minimum absolute atomic E-state index is 0.0857. The van der Waals surface area contributed by atoms with Gasteiger partial charge in [0.15, 0.2) is 0 Å². The van der Waals surface area contributed by atoms with E-state index in [4.69, 9.17) is 10.2 Å². The lowest BCUT2D eigenvalue weighted by Gasteiger charge is -2.35. The Kier molecular flexibility index (Phi) is 4.61. The van der Waals surface area contributed by atoms with E-state index in [9.17, 15) is 5.11 Å². The van der Waals surface area contributed by atoms with Crippen LogP contribution in [0.15, 0.2) is 30.3 Å². The summed E-state index contributed by atoms with van der Waals surface area (Å²) in [5.41, 5.74) is 5.08. The van der Waals surface area contributed by atoms with Gasteiger partial charge >= 0.3 is 0 Å². The molecular weight excluding hydrogens is 346 g/mol. The highest BCUT2D eigenvalue weighted by Gasteiger charge is 2.35. The number of nitrogens with zero attached hydrogens (tertiary/aromatic N) is 3. The van der Waals surface area contributed by atoms with E-state index in [1.165, 1.54) is 5.56 Å². The zero-order valence-electron chi connectivity index (χ0n) is 18.7. The van der Waals surface area contributed by atoms with Crippen molar-refractivity contribution in [2.45, 2.75) is 78.6 Å². The summed E-state index contributed by atoms with van der Waals surface area (Å²) in [7, 11) is 0. The third-order valence-electron chi connectivity index (χ3n) is 5.13. The fraction of sp³-hybridized carbons (Fsp3) is 0.500. The molecule has 0 aliphatic rings. The molecule has 1 heterocycles. The maximum atomic E-state index is 11.4. The second kappa shape index (κ2) is 6.33. The van der Waals surface area contributed by atoms with Crippen molar-refractivity contribution < 1.29 is 5.11 Å². The van der Waals surface area contributed by atoms with Crippen molar-refractivity contribution in [3.63, 3.8) is 0 Å². The molecule has 0 aliphatic carbocycles. The summed E-state index contributed by atoms with van der Waals surface area (Å²) >= 11 is 0. The van der Waals surface area contributed by atoms with E-state index in [-0.39, 0.29) is 22.0 Å². The van der Waals surface area contributed by atoms with Crippen LogP contribution in [0.2, 0.25) is 0 Å². The minimum Gasteiger partial charge on any atom is -0.505 e. The molecule has 0 fully saturated rings. The predicted octanol–water partition coefficient (Wildman–Crippen LogP) is 6.02. The van der Waals surface area contributed by atoms with Crippen LogP contribution in [0.1, 0.15) is 79.0 Å². The van der Waals surface area contributed by atoms with E-state index < -0.39 is 0 Å². The number of hydrogen-bond acceptors (Lipinski definition) is 3. The second-order valence-corrected chi connectivity index (χ2v) is 10.8. The van der Waals surface area contributed by atoms with Crippen LogP contribution in [0.5, 0.6) is 5.75 Å². The topological polar surface area (TPSA) is 50.9 Å². The highest BCUT2D eigenvalue weighted by atomic mass is 16.3. The maximum absolute atomic E-state index is 11.4. The quantitative estimate of drug-likeness (QED) is 0.562. The van der Waals surface area contributed by atoms with Crippen molar-refractivity contribution in [2.24, 2.45) is 0 Å². The van der Waals surface area contributed by atoms with Gasteiger partial charge in [0.2, 0.25) is 0 Å². The number of benzene rings is 2. The van der Waals surface area contributed by atoms with Gasteiger partial charge in [-0.05, 0) is 39.5 Å². The predicted molar refractivity (Wildman–Crippen MR) is 117 cm³/mol. The van der Waals surface area contributed by atoms with Crippen LogP contribution in [0.25, 0.3) is 16.7 Å². The second-order valence-electron chi connectivity index (χ2n) is 10.8. The molecule has 4 heteroatoms. The van der Waals surface area contributed by atoms with E-state index in [1.54, 1.807) is 4.80 Å². The van der Waals surface area contributed by atoms with Crippen LogP contribution in [-0.2, 0) is 16.2 Å². The van der Waals surface area contributed by atoms with Gasteiger partial charge in [0, 0.05) is 5.56 Å². The minimum atomic E-state index is -0.207. The summed E-state index contributed by atoms with van der Waals surface area (Å²) < 4.78 is 0. The largest absolute Gasteiger partial charge is 0.505 e. The Hall–Kier alpha value is -2.36. The Morgan fingerprint density at radius 1 is 0.714 bits per heavy atom. The van der Waals surface area contributed by atoms with Crippen LogP contribution < -0.4 is 0 Å². The first-order valence-electron chi connectivity index (χ1n) is 9.95. The first-order chi connectivity index (χ1) is 12.7. The molecule has 0 aliphatic heterocycles. The molecule has 1 aromatic heterocycles. The molecule has 0 spiro atoms.